The van der Waals surface area contributed by atoms with Crippen molar-refractivity contribution < 1.29 is 4.39 Å². The number of aryl methyl sites for hydroxylation is 1. The number of rotatable bonds is 7. The number of hydrogen-bond donors (Lipinski definition) is 1. The molecule has 0 radical (unpaired) electrons. The summed E-state index contributed by atoms with van der Waals surface area (Å²) >= 11 is 3.37. The highest BCUT2D eigenvalue weighted by Gasteiger charge is 2.14. The first-order chi connectivity index (χ1) is 10.1. The molecule has 0 fully saturated rings. The van der Waals surface area contributed by atoms with Crippen LogP contribution in [0.5, 0.6) is 0 Å². The third-order valence-corrected chi connectivity index (χ3v) is 3.84. The van der Waals surface area contributed by atoms with E-state index in [1.807, 2.05) is 16.9 Å². The molecule has 0 bridgehead atoms. The van der Waals surface area contributed by atoms with Crippen molar-refractivity contribution in [3.05, 3.63) is 52.0 Å². The maximum Gasteiger partial charge on any atom is 0.124 e. The molecular weight excluding hydrogens is 333 g/mol. The third kappa shape index (κ3) is 4.64. The van der Waals surface area contributed by atoms with Crippen molar-refractivity contribution in [2.24, 2.45) is 0 Å². The van der Waals surface area contributed by atoms with Crippen LogP contribution in [0.2, 0.25) is 0 Å². The molecule has 0 aliphatic carbocycles. The molecule has 3 nitrogen and oxygen atoms in total. The summed E-state index contributed by atoms with van der Waals surface area (Å²) in [5.74, 6) is -0.216. The first-order valence-corrected chi connectivity index (χ1v) is 8.12. The van der Waals surface area contributed by atoms with E-state index in [1.54, 1.807) is 6.07 Å². The Bertz CT molecular complexity index is 562. The maximum atomic E-state index is 13.6. The van der Waals surface area contributed by atoms with Crippen LogP contribution in [0.25, 0.3) is 0 Å². The van der Waals surface area contributed by atoms with Gasteiger partial charge in [0.2, 0.25) is 0 Å². The standard InChI is InChI=1S/C16H21BrFN3/c1-3-5-19-16(6-12-10-20-21(4-2)11-12)13-7-14(17)9-15(18)8-13/h7-11,16,19H,3-6H2,1-2H3. The number of nitrogens with one attached hydrogen (secondary N) is 1. The normalized spacial score (nSPS) is 12.6. The van der Waals surface area contributed by atoms with Crippen LogP contribution < -0.4 is 5.32 Å². The minimum absolute atomic E-state index is 0.0893. The van der Waals surface area contributed by atoms with Gasteiger partial charge < -0.3 is 5.32 Å². The summed E-state index contributed by atoms with van der Waals surface area (Å²) in [5.41, 5.74) is 2.12. The van der Waals surface area contributed by atoms with E-state index < -0.39 is 0 Å². The van der Waals surface area contributed by atoms with Gasteiger partial charge in [-0.15, -0.1) is 0 Å². The van der Waals surface area contributed by atoms with Crippen LogP contribution in [0.3, 0.4) is 0 Å². The van der Waals surface area contributed by atoms with Crippen molar-refractivity contribution in [2.75, 3.05) is 6.54 Å². The highest BCUT2D eigenvalue weighted by atomic mass is 79.9. The molecule has 1 unspecified atom stereocenters. The molecule has 0 aliphatic heterocycles. The molecule has 0 saturated heterocycles. The van der Waals surface area contributed by atoms with E-state index >= 15 is 0 Å². The number of aromatic nitrogens is 2. The van der Waals surface area contributed by atoms with Crippen LogP contribution >= 0.6 is 15.9 Å². The topological polar surface area (TPSA) is 29.9 Å². The van der Waals surface area contributed by atoms with Crippen LogP contribution in [0.4, 0.5) is 4.39 Å². The molecule has 0 spiro atoms. The summed E-state index contributed by atoms with van der Waals surface area (Å²) in [7, 11) is 0. The van der Waals surface area contributed by atoms with Gasteiger partial charge in [-0.2, -0.15) is 5.10 Å². The lowest BCUT2D eigenvalue weighted by Crippen LogP contribution is -2.24. The highest BCUT2D eigenvalue weighted by Crippen LogP contribution is 2.23. The summed E-state index contributed by atoms with van der Waals surface area (Å²) in [5, 5.41) is 7.79. The molecule has 1 atom stereocenters. The fourth-order valence-electron chi connectivity index (χ4n) is 2.32. The molecule has 2 rings (SSSR count). The zero-order valence-corrected chi connectivity index (χ0v) is 14.0. The molecule has 1 aromatic heterocycles. The minimum Gasteiger partial charge on any atom is -0.310 e. The Hall–Kier alpha value is -1.20. The van der Waals surface area contributed by atoms with Gasteiger partial charge >= 0.3 is 0 Å². The van der Waals surface area contributed by atoms with Gasteiger partial charge in [0, 0.05) is 23.3 Å². The number of benzene rings is 1. The summed E-state index contributed by atoms with van der Waals surface area (Å²) < 4.78 is 16.3. The van der Waals surface area contributed by atoms with Crippen LogP contribution in [0.15, 0.2) is 35.1 Å². The zero-order chi connectivity index (χ0) is 15.2. The largest absolute Gasteiger partial charge is 0.310 e. The van der Waals surface area contributed by atoms with Crippen molar-refractivity contribution in [3.63, 3.8) is 0 Å². The van der Waals surface area contributed by atoms with E-state index in [2.05, 4.69) is 46.4 Å². The van der Waals surface area contributed by atoms with Crippen molar-refractivity contribution in [1.29, 1.82) is 0 Å². The number of nitrogens with zero attached hydrogens (tertiary/aromatic N) is 2. The van der Waals surface area contributed by atoms with E-state index in [9.17, 15) is 4.39 Å². The minimum atomic E-state index is -0.216. The molecule has 0 amide bonds. The Kier molecular flexibility index (Phi) is 5.94. The van der Waals surface area contributed by atoms with Crippen LogP contribution in [-0.2, 0) is 13.0 Å². The Morgan fingerprint density at radius 1 is 1.33 bits per heavy atom. The Labute approximate surface area is 133 Å². The predicted octanol–water partition coefficient (Wildman–Crippen LogP) is 4.09. The SMILES string of the molecule is CCCNC(Cc1cnn(CC)c1)c1cc(F)cc(Br)c1. The lowest BCUT2D eigenvalue weighted by molar-refractivity contribution is 0.523. The summed E-state index contributed by atoms with van der Waals surface area (Å²) in [6.45, 7) is 5.95. The van der Waals surface area contributed by atoms with Gasteiger partial charge in [0.1, 0.15) is 5.82 Å². The summed E-state index contributed by atoms with van der Waals surface area (Å²) in [6.07, 6.45) is 5.78. The molecule has 1 N–H and O–H groups in total. The van der Waals surface area contributed by atoms with Crippen molar-refractivity contribution in [2.45, 2.75) is 39.3 Å². The predicted molar refractivity (Wildman–Crippen MR) is 86.7 cm³/mol. The van der Waals surface area contributed by atoms with Crippen LogP contribution in [0.1, 0.15) is 37.4 Å². The lowest BCUT2D eigenvalue weighted by Gasteiger charge is -2.19. The second-order valence-corrected chi connectivity index (χ2v) is 6.03. The highest BCUT2D eigenvalue weighted by molar-refractivity contribution is 9.10. The third-order valence-electron chi connectivity index (χ3n) is 3.38. The smallest absolute Gasteiger partial charge is 0.124 e. The van der Waals surface area contributed by atoms with Crippen LogP contribution in [0, 0.1) is 5.82 Å². The quantitative estimate of drug-likeness (QED) is 0.812. The van der Waals surface area contributed by atoms with Gasteiger partial charge in [0.05, 0.1) is 6.20 Å². The molecule has 1 heterocycles. The molecule has 2 aromatic rings. The van der Waals surface area contributed by atoms with Gasteiger partial charge in [-0.3, -0.25) is 4.68 Å². The van der Waals surface area contributed by atoms with Crippen molar-refractivity contribution in [1.82, 2.24) is 15.1 Å². The average Bonchev–Trinajstić information content (AvgIpc) is 2.90. The lowest BCUT2D eigenvalue weighted by atomic mass is 10.0. The number of halogens is 2. The van der Waals surface area contributed by atoms with E-state index in [4.69, 9.17) is 0 Å². The van der Waals surface area contributed by atoms with Crippen molar-refractivity contribution >= 4 is 15.9 Å². The van der Waals surface area contributed by atoms with Crippen LogP contribution in [-0.4, -0.2) is 16.3 Å². The van der Waals surface area contributed by atoms with E-state index in [0.717, 1.165) is 41.5 Å². The molecule has 0 aliphatic rings. The van der Waals surface area contributed by atoms with Gasteiger partial charge in [-0.25, -0.2) is 4.39 Å². The monoisotopic (exact) mass is 353 g/mol. The number of hydrogen-bond acceptors (Lipinski definition) is 2. The molecule has 21 heavy (non-hydrogen) atoms. The molecule has 0 saturated carbocycles. The molecule has 1 aromatic carbocycles. The maximum absolute atomic E-state index is 13.6. The van der Waals surface area contributed by atoms with Crippen molar-refractivity contribution in [3.8, 4) is 0 Å². The molecule has 114 valence electrons. The van der Waals surface area contributed by atoms with E-state index in [0.29, 0.717) is 0 Å². The fraction of sp³-hybridized carbons (Fsp3) is 0.438. The summed E-state index contributed by atoms with van der Waals surface area (Å²) in [4.78, 5) is 0. The van der Waals surface area contributed by atoms with Gasteiger partial charge in [-0.1, -0.05) is 22.9 Å². The summed E-state index contributed by atoms with van der Waals surface area (Å²) in [6, 6.07) is 5.14. The van der Waals surface area contributed by atoms with Gasteiger partial charge in [-0.05, 0) is 55.6 Å². The second-order valence-electron chi connectivity index (χ2n) is 5.12. The van der Waals surface area contributed by atoms with E-state index in [1.165, 1.54) is 6.07 Å². The fourth-order valence-corrected chi connectivity index (χ4v) is 2.81. The van der Waals surface area contributed by atoms with Gasteiger partial charge in [0.25, 0.3) is 0 Å². The van der Waals surface area contributed by atoms with Gasteiger partial charge in [0.15, 0.2) is 0 Å². The van der Waals surface area contributed by atoms with E-state index in [-0.39, 0.29) is 11.9 Å². The average molecular weight is 354 g/mol. The molecular formula is C16H21BrFN3. The first-order valence-electron chi connectivity index (χ1n) is 7.33. The molecule has 5 heteroatoms. The Morgan fingerprint density at radius 2 is 2.14 bits per heavy atom. The Morgan fingerprint density at radius 3 is 2.76 bits per heavy atom. The second kappa shape index (κ2) is 7.71. The zero-order valence-electron chi connectivity index (χ0n) is 12.4. The Balaban J connectivity index is 2.20. The first kappa shape index (κ1) is 16.2.